The van der Waals surface area contributed by atoms with Gasteiger partial charge in [-0.15, -0.1) is 0 Å². The van der Waals surface area contributed by atoms with Gasteiger partial charge in [0.1, 0.15) is 0 Å². The molecule has 94 valence electrons. The fraction of sp³-hybridized carbons (Fsp3) is 0.400. The van der Waals surface area contributed by atoms with E-state index in [1.807, 2.05) is 6.07 Å². The van der Waals surface area contributed by atoms with Crippen LogP contribution in [0.4, 0.5) is 5.69 Å². The van der Waals surface area contributed by atoms with Gasteiger partial charge in [-0.25, -0.2) is 4.98 Å². The molecule has 1 aromatic heterocycles. The molecule has 3 rings (SSSR count). The van der Waals surface area contributed by atoms with Gasteiger partial charge in [-0.05, 0) is 30.9 Å². The van der Waals surface area contributed by atoms with E-state index < -0.39 is 0 Å². The van der Waals surface area contributed by atoms with Crippen LogP contribution in [0.2, 0.25) is 0 Å². The van der Waals surface area contributed by atoms with Crippen LogP contribution < -0.4 is 5.32 Å². The van der Waals surface area contributed by atoms with E-state index in [9.17, 15) is 0 Å². The van der Waals surface area contributed by atoms with Crippen molar-refractivity contribution in [1.82, 2.24) is 4.98 Å². The average molecular weight is 242 g/mol. The number of hydrogen-bond donors (Lipinski definition) is 1. The first-order valence-electron chi connectivity index (χ1n) is 6.64. The molecule has 0 radical (unpaired) electrons. The molecule has 0 unspecified atom stereocenters. The number of hydrogen-bond acceptors (Lipinski definition) is 3. The molecular formula is C15H18N2O. The summed E-state index contributed by atoms with van der Waals surface area (Å²) in [5, 5.41) is 3.53. The topological polar surface area (TPSA) is 38.1 Å². The van der Waals surface area contributed by atoms with Crippen LogP contribution >= 0.6 is 0 Å². The molecule has 0 saturated heterocycles. The SMILES string of the molecule is c1cc(NCC2CCCC2)cc(-c2cnco2)c1. The number of nitrogens with zero attached hydrogens (tertiary/aromatic N) is 1. The molecule has 0 atom stereocenters. The van der Waals surface area contributed by atoms with E-state index in [-0.39, 0.29) is 0 Å². The van der Waals surface area contributed by atoms with Gasteiger partial charge in [0.25, 0.3) is 0 Å². The molecule has 1 fully saturated rings. The highest BCUT2D eigenvalue weighted by Crippen LogP contribution is 2.26. The lowest BCUT2D eigenvalue weighted by Gasteiger charge is -2.12. The Morgan fingerprint density at radius 3 is 2.94 bits per heavy atom. The molecule has 3 heteroatoms. The van der Waals surface area contributed by atoms with Crippen molar-refractivity contribution in [3.05, 3.63) is 36.9 Å². The first-order valence-corrected chi connectivity index (χ1v) is 6.64. The second-order valence-corrected chi connectivity index (χ2v) is 4.98. The third-order valence-corrected chi connectivity index (χ3v) is 3.65. The Kier molecular flexibility index (Phi) is 3.31. The van der Waals surface area contributed by atoms with Crippen molar-refractivity contribution < 1.29 is 4.42 Å². The highest BCUT2D eigenvalue weighted by atomic mass is 16.3. The first-order chi connectivity index (χ1) is 8.92. The lowest BCUT2D eigenvalue weighted by atomic mass is 10.1. The van der Waals surface area contributed by atoms with Crippen molar-refractivity contribution in [3.8, 4) is 11.3 Å². The van der Waals surface area contributed by atoms with Crippen molar-refractivity contribution >= 4 is 5.69 Å². The summed E-state index contributed by atoms with van der Waals surface area (Å²) in [7, 11) is 0. The lowest BCUT2D eigenvalue weighted by molar-refractivity contribution is 0.572. The highest BCUT2D eigenvalue weighted by Gasteiger charge is 2.14. The molecule has 3 nitrogen and oxygen atoms in total. The summed E-state index contributed by atoms with van der Waals surface area (Å²) in [5.41, 5.74) is 2.24. The first kappa shape index (κ1) is 11.3. The molecule has 1 aromatic carbocycles. The average Bonchev–Trinajstić information content (AvgIpc) is 3.10. The Morgan fingerprint density at radius 2 is 2.17 bits per heavy atom. The fourth-order valence-corrected chi connectivity index (χ4v) is 2.62. The number of aromatic nitrogens is 1. The Morgan fingerprint density at radius 1 is 1.28 bits per heavy atom. The largest absolute Gasteiger partial charge is 0.444 e. The molecule has 1 aliphatic carbocycles. The van der Waals surface area contributed by atoms with Crippen LogP contribution in [0, 0.1) is 5.92 Å². The molecule has 0 aliphatic heterocycles. The molecule has 0 bridgehead atoms. The van der Waals surface area contributed by atoms with Gasteiger partial charge >= 0.3 is 0 Å². The van der Waals surface area contributed by atoms with E-state index in [0.717, 1.165) is 29.5 Å². The third-order valence-electron chi connectivity index (χ3n) is 3.65. The summed E-state index contributed by atoms with van der Waals surface area (Å²) in [6.45, 7) is 1.08. The van der Waals surface area contributed by atoms with E-state index in [1.54, 1.807) is 6.20 Å². The van der Waals surface area contributed by atoms with Crippen LogP contribution in [-0.4, -0.2) is 11.5 Å². The zero-order valence-corrected chi connectivity index (χ0v) is 10.4. The molecule has 1 aliphatic rings. The van der Waals surface area contributed by atoms with E-state index in [0.29, 0.717) is 0 Å². The van der Waals surface area contributed by atoms with Gasteiger partial charge in [0.2, 0.25) is 0 Å². The van der Waals surface area contributed by atoms with E-state index in [2.05, 4.69) is 28.5 Å². The fourth-order valence-electron chi connectivity index (χ4n) is 2.62. The molecule has 1 heterocycles. The minimum atomic E-state index is 0.819. The zero-order valence-electron chi connectivity index (χ0n) is 10.4. The Labute approximate surface area is 107 Å². The van der Waals surface area contributed by atoms with Crippen molar-refractivity contribution in [2.24, 2.45) is 5.92 Å². The standard InChI is InChI=1S/C15H18N2O/c1-2-5-12(4-1)9-17-14-7-3-6-13(8-14)15-10-16-11-18-15/h3,6-8,10-12,17H,1-2,4-5,9H2. The van der Waals surface area contributed by atoms with Crippen molar-refractivity contribution in [1.29, 1.82) is 0 Å². The number of anilines is 1. The van der Waals surface area contributed by atoms with Crippen LogP contribution in [0.3, 0.4) is 0 Å². The molecule has 2 aromatic rings. The molecule has 0 spiro atoms. The van der Waals surface area contributed by atoms with Gasteiger partial charge in [-0.2, -0.15) is 0 Å². The van der Waals surface area contributed by atoms with Crippen LogP contribution in [0.25, 0.3) is 11.3 Å². The molecular weight excluding hydrogens is 224 g/mol. The van der Waals surface area contributed by atoms with Crippen molar-refractivity contribution in [2.75, 3.05) is 11.9 Å². The van der Waals surface area contributed by atoms with E-state index in [1.165, 1.54) is 32.1 Å². The van der Waals surface area contributed by atoms with Gasteiger partial charge < -0.3 is 9.73 Å². The predicted octanol–water partition coefficient (Wildman–Crippen LogP) is 3.94. The Hall–Kier alpha value is -1.77. The van der Waals surface area contributed by atoms with Gasteiger partial charge in [0, 0.05) is 17.8 Å². The summed E-state index contributed by atoms with van der Waals surface area (Å²) in [6.07, 6.45) is 8.74. The molecule has 18 heavy (non-hydrogen) atoms. The van der Waals surface area contributed by atoms with Crippen LogP contribution in [0.1, 0.15) is 25.7 Å². The minimum Gasteiger partial charge on any atom is -0.444 e. The Bertz CT molecular complexity index is 487. The smallest absolute Gasteiger partial charge is 0.181 e. The van der Waals surface area contributed by atoms with Gasteiger partial charge in [0.15, 0.2) is 12.2 Å². The monoisotopic (exact) mass is 242 g/mol. The maximum absolute atomic E-state index is 5.31. The quantitative estimate of drug-likeness (QED) is 0.882. The summed E-state index contributed by atoms with van der Waals surface area (Å²) < 4.78 is 5.31. The van der Waals surface area contributed by atoms with Crippen LogP contribution in [0.15, 0.2) is 41.3 Å². The highest BCUT2D eigenvalue weighted by molar-refractivity contribution is 5.63. The van der Waals surface area contributed by atoms with Gasteiger partial charge in [-0.3, -0.25) is 0 Å². The summed E-state index contributed by atoms with van der Waals surface area (Å²) in [5.74, 6) is 1.67. The number of oxazole rings is 1. The maximum atomic E-state index is 5.31. The maximum Gasteiger partial charge on any atom is 0.181 e. The summed E-state index contributed by atoms with van der Waals surface area (Å²) >= 11 is 0. The second-order valence-electron chi connectivity index (χ2n) is 4.98. The van der Waals surface area contributed by atoms with E-state index in [4.69, 9.17) is 4.42 Å². The number of rotatable bonds is 4. The van der Waals surface area contributed by atoms with Crippen LogP contribution in [0.5, 0.6) is 0 Å². The third kappa shape index (κ3) is 2.55. The molecule has 1 saturated carbocycles. The summed E-state index contributed by atoms with van der Waals surface area (Å²) in [4.78, 5) is 3.95. The minimum absolute atomic E-state index is 0.819. The number of nitrogens with one attached hydrogen (secondary N) is 1. The predicted molar refractivity (Wildman–Crippen MR) is 72.4 cm³/mol. The zero-order chi connectivity index (χ0) is 12.2. The summed E-state index contributed by atoms with van der Waals surface area (Å²) in [6, 6.07) is 8.32. The van der Waals surface area contributed by atoms with Crippen molar-refractivity contribution in [2.45, 2.75) is 25.7 Å². The van der Waals surface area contributed by atoms with Crippen molar-refractivity contribution in [3.63, 3.8) is 0 Å². The van der Waals surface area contributed by atoms with Crippen LogP contribution in [-0.2, 0) is 0 Å². The normalized spacial score (nSPS) is 16.0. The number of benzene rings is 1. The Balaban J connectivity index is 1.67. The second kappa shape index (κ2) is 5.25. The molecule has 0 amide bonds. The van der Waals surface area contributed by atoms with Gasteiger partial charge in [-0.1, -0.05) is 25.0 Å². The molecule has 1 N–H and O–H groups in total. The van der Waals surface area contributed by atoms with Gasteiger partial charge in [0.05, 0.1) is 6.20 Å². The lowest BCUT2D eigenvalue weighted by Crippen LogP contribution is -2.10. The van der Waals surface area contributed by atoms with E-state index >= 15 is 0 Å².